The Morgan fingerprint density at radius 1 is 1.18 bits per heavy atom. The van der Waals surface area contributed by atoms with Crippen molar-refractivity contribution in [1.29, 1.82) is 0 Å². The van der Waals surface area contributed by atoms with Gasteiger partial charge >= 0.3 is 5.97 Å². The summed E-state index contributed by atoms with van der Waals surface area (Å²) in [6.45, 7) is 0. The summed E-state index contributed by atoms with van der Waals surface area (Å²) in [4.78, 5) is 11.0. The number of carbonyl (C=O) groups is 1. The minimum absolute atomic E-state index is 0.224. The molecule has 17 heavy (non-hydrogen) atoms. The molecule has 0 saturated carbocycles. The smallest absolute Gasteiger partial charge is 0.336 e. The molecule has 0 unspecified atom stereocenters. The molecule has 0 aliphatic heterocycles. The third-order valence-corrected chi connectivity index (χ3v) is 3.40. The average Bonchev–Trinajstić information content (AvgIpc) is 2.30. The first-order valence-corrected chi connectivity index (χ1v) is 6.04. The van der Waals surface area contributed by atoms with Crippen molar-refractivity contribution in [3.8, 4) is 11.1 Å². The zero-order valence-electron chi connectivity index (χ0n) is 8.65. The van der Waals surface area contributed by atoms with Crippen molar-refractivity contribution in [1.82, 2.24) is 0 Å². The maximum absolute atomic E-state index is 11.0. The number of rotatable bonds is 2. The van der Waals surface area contributed by atoms with Crippen LogP contribution in [0.2, 0.25) is 5.02 Å². The largest absolute Gasteiger partial charge is 0.478 e. The number of aromatic carboxylic acids is 1. The van der Waals surface area contributed by atoms with Crippen molar-refractivity contribution in [2.75, 3.05) is 0 Å². The maximum atomic E-state index is 11.0. The summed E-state index contributed by atoms with van der Waals surface area (Å²) in [5, 5.41) is 9.65. The molecule has 2 aromatic carbocycles. The van der Waals surface area contributed by atoms with Gasteiger partial charge in [0.25, 0.3) is 0 Å². The van der Waals surface area contributed by atoms with E-state index in [-0.39, 0.29) is 5.56 Å². The van der Waals surface area contributed by atoms with E-state index in [1.165, 1.54) is 0 Å². The van der Waals surface area contributed by atoms with Gasteiger partial charge in [0.2, 0.25) is 0 Å². The second-order valence-electron chi connectivity index (χ2n) is 3.48. The van der Waals surface area contributed by atoms with Gasteiger partial charge in [-0.2, -0.15) is 0 Å². The lowest BCUT2D eigenvalue weighted by Gasteiger charge is -2.06. The lowest BCUT2D eigenvalue weighted by Crippen LogP contribution is -1.97. The molecule has 0 spiro atoms. The number of halogens is 2. The second kappa shape index (κ2) is 4.90. The predicted octanol–water partition coefficient (Wildman–Crippen LogP) is 4.47. The van der Waals surface area contributed by atoms with Crippen molar-refractivity contribution in [2.24, 2.45) is 0 Å². The van der Waals surface area contributed by atoms with Crippen LogP contribution in [0.4, 0.5) is 0 Å². The van der Waals surface area contributed by atoms with E-state index in [4.69, 9.17) is 16.7 Å². The van der Waals surface area contributed by atoms with E-state index in [0.717, 1.165) is 11.1 Å². The Morgan fingerprint density at radius 3 is 2.53 bits per heavy atom. The molecule has 2 rings (SSSR count). The van der Waals surface area contributed by atoms with Crippen LogP contribution in [0.3, 0.4) is 0 Å². The van der Waals surface area contributed by atoms with Crippen molar-refractivity contribution in [3.05, 3.63) is 57.5 Å². The molecule has 0 fully saturated rings. The van der Waals surface area contributed by atoms with Gasteiger partial charge in [-0.3, -0.25) is 0 Å². The quantitative estimate of drug-likeness (QED) is 0.888. The third-order valence-electron chi connectivity index (χ3n) is 2.38. The molecule has 2 aromatic rings. The molecule has 0 aliphatic carbocycles. The number of benzene rings is 2. The summed E-state index contributed by atoms with van der Waals surface area (Å²) in [6, 6.07) is 12.5. The molecule has 2 nitrogen and oxygen atoms in total. The van der Waals surface area contributed by atoms with Crippen LogP contribution in [0.5, 0.6) is 0 Å². The molecular weight excluding hydrogens is 303 g/mol. The van der Waals surface area contributed by atoms with Gasteiger partial charge in [0.15, 0.2) is 0 Å². The highest BCUT2D eigenvalue weighted by Gasteiger charge is 2.11. The zero-order chi connectivity index (χ0) is 12.4. The zero-order valence-corrected chi connectivity index (χ0v) is 11.0. The van der Waals surface area contributed by atoms with E-state index in [1.54, 1.807) is 18.2 Å². The second-order valence-corrected chi connectivity index (χ2v) is 4.74. The summed E-state index contributed by atoms with van der Waals surface area (Å²) >= 11 is 9.28. The summed E-state index contributed by atoms with van der Waals surface area (Å²) < 4.78 is 0.556. The van der Waals surface area contributed by atoms with E-state index in [0.29, 0.717) is 9.50 Å². The van der Waals surface area contributed by atoms with Gasteiger partial charge in [0, 0.05) is 15.1 Å². The number of hydrogen-bond acceptors (Lipinski definition) is 1. The summed E-state index contributed by atoms with van der Waals surface area (Å²) in [6.07, 6.45) is 0. The number of carboxylic acids is 1. The third kappa shape index (κ3) is 2.51. The molecule has 0 bridgehead atoms. The molecule has 0 heterocycles. The molecule has 0 atom stereocenters. The SMILES string of the molecule is O=C(O)c1cc(-c2ccccc2Cl)ccc1Br. The Hall–Kier alpha value is -1.32. The van der Waals surface area contributed by atoms with Crippen LogP contribution in [0.25, 0.3) is 11.1 Å². The standard InChI is InChI=1S/C13H8BrClO2/c14-11-6-5-8(7-10(11)13(16)17)9-3-1-2-4-12(9)15/h1-7H,(H,16,17). The fourth-order valence-electron chi connectivity index (χ4n) is 1.55. The first-order chi connectivity index (χ1) is 8.09. The van der Waals surface area contributed by atoms with Crippen LogP contribution in [0.1, 0.15) is 10.4 Å². The first-order valence-electron chi connectivity index (χ1n) is 4.87. The fourth-order valence-corrected chi connectivity index (χ4v) is 2.21. The summed E-state index contributed by atoms with van der Waals surface area (Å²) in [7, 11) is 0. The van der Waals surface area contributed by atoms with E-state index < -0.39 is 5.97 Å². The maximum Gasteiger partial charge on any atom is 0.336 e. The van der Waals surface area contributed by atoms with E-state index >= 15 is 0 Å². The molecule has 4 heteroatoms. The Balaban J connectivity index is 2.58. The van der Waals surface area contributed by atoms with Crippen LogP contribution in [-0.4, -0.2) is 11.1 Å². The fraction of sp³-hybridized carbons (Fsp3) is 0. The number of carboxylic acid groups (broad SMARTS) is 1. The molecule has 0 saturated heterocycles. The Bertz CT molecular complexity index is 581. The van der Waals surface area contributed by atoms with Crippen molar-refractivity contribution in [2.45, 2.75) is 0 Å². The first kappa shape index (κ1) is 12.1. The molecule has 86 valence electrons. The monoisotopic (exact) mass is 310 g/mol. The Labute approximate surface area is 112 Å². The normalized spacial score (nSPS) is 10.2. The van der Waals surface area contributed by atoms with Gasteiger partial charge < -0.3 is 5.11 Å². The molecule has 0 radical (unpaired) electrons. The topological polar surface area (TPSA) is 37.3 Å². The van der Waals surface area contributed by atoms with Gasteiger partial charge in [-0.25, -0.2) is 4.79 Å². The highest BCUT2D eigenvalue weighted by molar-refractivity contribution is 9.10. The van der Waals surface area contributed by atoms with Crippen molar-refractivity contribution < 1.29 is 9.90 Å². The lowest BCUT2D eigenvalue weighted by molar-refractivity contribution is 0.0696. The van der Waals surface area contributed by atoms with Crippen molar-refractivity contribution >= 4 is 33.5 Å². The summed E-state index contributed by atoms with van der Waals surface area (Å²) in [5.74, 6) is -0.967. The average molecular weight is 312 g/mol. The van der Waals surface area contributed by atoms with Crippen LogP contribution < -0.4 is 0 Å². The highest BCUT2D eigenvalue weighted by atomic mass is 79.9. The van der Waals surface area contributed by atoms with Crippen LogP contribution in [-0.2, 0) is 0 Å². The predicted molar refractivity (Wildman–Crippen MR) is 71.5 cm³/mol. The molecule has 0 aromatic heterocycles. The van der Waals surface area contributed by atoms with Gasteiger partial charge in [-0.15, -0.1) is 0 Å². The van der Waals surface area contributed by atoms with Crippen LogP contribution in [0, 0.1) is 0 Å². The van der Waals surface area contributed by atoms with Crippen molar-refractivity contribution in [3.63, 3.8) is 0 Å². The molecule has 0 aliphatic rings. The Morgan fingerprint density at radius 2 is 1.88 bits per heavy atom. The molecular formula is C13H8BrClO2. The minimum Gasteiger partial charge on any atom is -0.478 e. The van der Waals surface area contributed by atoms with Gasteiger partial charge in [-0.1, -0.05) is 35.9 Å². The van der Waals surface area contributed by atoms with E-state index in [1.807, 2.05) is 24.3 Å². The number of hydrogen-bond donors (Lipinski definition) is 1. The van der Waals surface area contributed by atoms with E-state index in [9.17, 15) is 4.79 Å². The van der Waals surface area contributed by atoms with Gasteiger partial charge in [-0.05, 0) is 39.7 Å². The summed E-state index contributed by atoms with van der Waals surface area (Å²) in [5.41, 5.74) is 1.84. The highest BCUT2D eigenvalue weighted by Crippen LogP contribution is 2.30. The van der Waals surface area contributed by atoms with Crippen LogP contribution >= 0.6 is 27.5 Å². The van der Waals surface area contributed by atoms with Gasteiger partial charge in [0.05, 0.1) is 5.56 Å². The van der Waals surface area contributed by atoms with Gasteiger partial charge in [0.1, 0.15) is 0 Å². The molecule has 1 N–H and O–H groups in total. The molecule has 0 amide bonds. The Kier molecular flexibility index (Phi) is 3.50. The minimum atomic E-state index is -0.967. The lowest BCUT2D eigenvalue weighted by atomic mass is 10.0. The van der Waals surface area contributed by atoms with Crippen LogP contribution in [0.15, 0.2) is 46.9 Å². The van der Waals surface area contributed by atoms with E-state index in [2.05, 4.69) is 15.9 Å².